The maximum Gasteiger partial charge on any atom is 0.251 e. The second kappa shape index (κ2) is 8.75. The SMILES string of the molecule is CSc1nccn1-c1ccc(C(=O)NCC(=O)Nc2ccc(Cl)cc2)cc1. The number of halogens is 1. The van der Waals surface area contributed by atoms with Crippen LogP contribution < -0.4 is 10.6 Å². The van der Waals surface area contributed by atoms with Gasteiger partial charge in [0.05, 0.1) is 6.54 Å². The first-order chi connectivity index (χ1) is 13.1. The summed E-state index contributed by atoms with van der Waals surface area (Å²) in [6.45, 7) is -0.124. The van der Waals surface area contributed by atoms with E-state index in [9.17, 15) is 9.59 Å². The van der Waals surface area contributed by atoms with Crippen molar-refractivity contribution in [3.05, 3.63) is 71.5 Å². The molecule has 3 aromatic rings. The van der Waals surface area contributed by atoms with Crippen LogP contribution in [0.5, 0.6) is 0 Å². The zero-order valence-electron chi connectivity index (χ0n) is 14.5. The van der Waals surface area contributed by atoms with Gasteiger partial charge in [0.15, 0.2) is 5.16 Å². The summed E-state index contributed by atoms with van der Waals surface area (Å²) < 4.78 is 1.94. The molecule has 8 heteroatoms. The number of rotatable bonds is 6. The smallest absolute Gasteiger partial charge is 0.251 e. The Morgan fingerprint density at radius 1 is 1.11 bits per heavy atom. The van der Waals surface area contributed by atoms with Crippen molar-refractivity contribution in [2.24, 2.45) is 0 Å². The summed E-state index contributed by atoms with van der Waals surface area (Å²) >= 11 is 7.34. The highest BCUT2D eigenvalue weighted by molar-refractivity contribution is 7.98. The third-order valence-electron chi connectivity index (χ3n) is 3.73. The number of nitrogens with zero attached hydrogens (tertiary/aromatic N) is 2. The lowest BCUT2D eigenvalue weighted by molar-refractivity contribution is -0.115. The van der Waals surface area contributed by atoms with Gasteiger partial charge < -0.3 is 10.6 Å². The Balaban J connectivity index is 1.56. The third-order valence-corrected chi connectivity index (χ3v) is 4.65. The van der Waals surface area contributed by atoms with Crippen molar-refractivity contribution in [2.45, 2.75) is 5.16 Å². The average Bonchev–Trinajstić information content (AvgIpc) is 3.17. The van der Waals surface area contributed by atoms with E-state index in [1.807, 2.05) is 29.2 Å². The van der Waals surface area contributed by atoms with Gasteiger partial charge >= 0.3 is 0 Å². The van der Waals surface area contributed by atoms with Gasteiger partial charge in [-0.1, -0.05) is 23.4 Å². The lowest BCUT2D eigenvalue weighted by atomic mass is 10.2. The van der Waals surface area contributed by atoms with Crippen LogP contribution >= 0.6 is 23.4 Å². The summed E-state index contributed by atoms with van der Waals surface area (Å²) in [5.41, 5.74) is 2.01. The molecule has 6 nitrogen and oxygen atoms in total. The molecule has 0 atom stereocenters. The molecule has 1 heterocycles. The van der Waals surface area contributed by atoms with Crippen LogP contribution in [0.4, 0.5) is 5.69 Å². The van der Waals surface area contributed by atoms with Crippen molar-refractivity contribution < 1.29 is 9.59 Å². The molecule has 1 aromatic heterocycles. The minimum Gasteiger partial charge on any atom is -0.343 e. The summed E-state index contributed by atoms with van der Waals surface area (Å²) in [7, 11) is 0. The fraction of sp³-hybridized carbons (Fsp3) is 0.105. The quantitative estimate of drug-likeness (QED) is 0.620. The molecule has 0 aliphatic heterocycles. The van der Waals surface area contributed by atoms with Gasteiger partial charge in [0.25, 0.3) is 5.91 Å². The zero-order valence-corrected chi connectivity index (χ0v) is 16.1. The fourth-order valence-corrected chi connectivity index (χ4v) is 3.07. The lowest BCUT2D eigenvalue weighted by Gasteiger charge is -2.09. The molecule has 0 saturated carbocycles. The van der Waals surface area contributed by atoms with E-state index < -0.39 is 0 Å². The second-order valence-electron chi connectivity index (χ2n) is 5.57. The largest absolute Gasteiger partial charge is 0.343 e. The van der Waals surface area contributed by atoms with Crippen molar-refractivity contribution in [3.8, 4) is 5.69 Å². The van der Waals surface area contributed by atoms with Crippen LogP contribution in [0.1, 0.15) is 10.4 Å². The molecular formula is C19H17ClN4O2S. The van der Waals surface area contributed by atoms with E-state index in [1.165, 1.54) is 0 Å². The standard InChI is InChI=1S/C19H17ClN4O2S/c1-27-19-21-10-11-24(19)16-8-2-13(3-9-16)18(26)22-12-17(25)23-15-6-4-14(20)5-7-15/h2-11H,12H2,1H3,(H,22,26)(H,23,25). The molecule has 0 aliphatic carbocycles. The average molecular weight is 401 g/mol. The summed E-state index contributed by atoms with van der Waals surface area (Å²) in [5.74, 6) is -0.631. The van der Waals surface area contributed by atoms with Gasteiger partial charge in [-0.25, -0.2) is 4.98 Å². The molecule has 0 spiro atoms. The molecule has 0 unspecified atom stereocenters. The molecule has 0 saturated heterocycles. The van der Waals surface area contributed by atoms with Gasteiger partial charge in [-0.3, -0.25) is 14.2 Å². The molecule has 2 aromatic carbocycles. The van der Waals surface area contributed by atoms with Crippen LogP contribution in [-0.4, -0.2) is 34.2 Å². The molecule has 0 fully saturated rings. The predicted molar refractivity (Wildman–Crippen MR) is 108 cm³/mol. The number of hydrogen-bond acceptors (Lipinski definition) is 4. The van der Waals surface area contributed by atoms with Crippen LogP contribution in [0, 0.1) is 0 Å². The van der Waals surface area contributed by atoms with Gasteiger partial charge in [-0.2, -0.15) is 0 Å². The van der Waals surface area contributed by atoms with Gasteiger partial charge in [0, 0.05) is 34.4 Å². The van der Waals surface area contributed by atoms with E-state index in [1.54, 1.807) is 54.4 Å². The van der Waals surface area contributed by atoms with E-state index in [4.69, 9.17) is 11.6 Å². The monoisotopic (exact) mass is 400 g/mol. The predicted octanol–water partition coefficient (Wildman–Crippen LogP) is 3.62. The first-order valence-corrected chi connectivity index (χ1v) is 9.68. The Morgan fingerprint density at radius 2 is 1.81 bits per heavy atom. The van der Waals surface area contributed by atoms with E-state index >= 15 is 0 Å². The van der Waals surface area contributed by atoms with Crippen LogP contribution in [0.15, 0.2) is 66.1 Å². The number of carbonyl (C=O) groups is 2. The number of carbonyl (C=O) groups excluding carboxylic acids is 2. The third kappa shape index (κ3) is 4.90. The summed E-state index contributed by atoms with van der Waals surface area (Å²) in [6.07, 6.45) is 5.55. The Morgan fingerprint density at radius 3 is 2.48 bits per heavy atom. The number of benzene rings is 2. The number of hydrogen-bond donors (Lipinski definition) is 2. The van der Waals surface area contributed by atoms with Crippen molar-refractivity contribution in [1.29, 1.82) is 0 Å². The Kier molecular flexibility index (Phi) is 6.16. The van der Waals surface area contributed by atoms with E-state index in [0.717, 1.165) is 10.8 Å². The number of thioether (sulfide) groups is 1. The number of imidazole rings is 1. The Hall–Kier alpha value is -2.77. The van der Waals surface area contributed by atoms with Crippen LogP contribution in [0.2, 0.25) is 5.02 Å². The highest BCUT2D eigenvalue weighted by Gasteiger charge is 2.10. The molecule has 27 heavy (non-hydrogen) atoms. The lowest BCUT2D eigenvalue weighted by Crippen LogP contribution is -2.32. The number of nitrogens with one attached hydrogen (secondary N) is 2. The van der Waals surface area contributed by atoms with Crippen molar-refractivity contribution in [1.82, 2.24) is 14.9 Å². The molecular weight excluding hydrogens is 384 g/mol. The van der Waals surface area contributed by atoms with Gasteiger partial charge in [0.2, 0.25) is 5.91 Å². The van der Waals surface area contributed by atoms with Gasteiger partial charge in [-0.15, -0.1) is 0 Å². The maximum absolute atomic E-state index is 12.2. The van der Waals surface area contributed by atoms with E-state index in [0.29, 0.717) is 16.3 Å². The minimum absolute atomic E-state index is 0.124. The van der Waals surface area contributed by atoms with E-state index in [2.05, 4.69) is 15.6 Å². The number of aromatic nitrogens is 2. The first-order valence-electron chi connectivity index (χ1n) is 8.08. The molecule has 138 valence electrons. The Labute approximate surface area is 165 Å². The number of anilines is 1. The molecule has 2 N–H and O–H groups in total. The normalized spacial score (nSPS) is 10.4. The minimum atomic E-state index is -0.316. The van der Waals surface area contributed by atoms with Gasteiger partial charge in [-0.05, 0) is 54.8 Å². The summed E-state index contributed by atoms with van der Waals surface area (Å²) in [4.78, 5) is 28.4. The molecule has 0 radical (unpaired) electrons. The van der Waals surface area contributed by atoms with Crippen molar-refractivity contribution >= 4 is 40.9 Å². The maximum atomic E-state index is 12.2. The molecule has 3 rings (SSSR count). The molecule has 0 aliphatic rings. The first kappa shape index (κ1) is 19.0. The van der Waals surface area contributed by atoms with Crippen LogP contribution in [0.25, 0.3) is 5.69 Å². The van der Waals surface area contributed by atoms with Gasteiger partial charge in [0.1, 0.15) is 0 Å². The van der Waals surface area contributed by atoms with Crippen molar-refractivity contribution in [2.75, 3.05) is 18.1 Å². The Bertz CT molecular complexity index is 939. The molecule has 0 bridgehead atoms. The second-order valence-corrected chi connectivity index (χ2v) is 6.78. The summed E-state index contributed by atoms with van der Waals surface area (Å²) in [5, 5.41) is 6.75. The highest BCUT2D eigenvalue weighted by Crippen LogP contribution is 2.18. The highest BCUT2D eigenvalue weighted by atomic mass is 35.5. The topological polar surface area (TPSA) is 76.0 Å². The number of amides is 2. The zero-order chi connectivity index (χ0) is 19.2. The van der Waals surface area contributed by atoms with Crippen molar-refractivity contribution in [3.63, 3.8) is 0 Å². The molecule has 2 amide bonds. The van der Waals surface area contributed by atoms with Crippen LogP contribution in [-0.2, 0) is 4.79 Å². The van der Waals surface area contributed by atoms with Crippen LogP contribution in [0.3, 0.4) is 0 Å². The fourth-order valence-electron chi connectivity index (χ4n) is 2.41. The van der Waals surface area contributed by atoms with E-state index in [-0.39, 0.29) is 18.4 Å². The summed E-state index contributed by atoms with van der Waals surface area (Å²) in [6, 6.07) is 13.9.